The lowest BCUT2D eigenvalue weighted by Gasteiger charge is -2.02. The number of fused-ring (bicyclic) bond motifs is 1. The monoisotopic (exact) mass is 209 g/mol. The first-order valence-electron chi connectivity index (χ1n) is 4.54. The Morgan fingerprint density at radius 1 is 1.43 bits per heavy atom. The van der Waals surface area contributed by atoms with Gasteiger partial charge in [0.05, 0.1) is 5.02 Å². The smallest absolute Gasteiger partial charge is 0.135 e. The summed E-state index contributed by atoms with van der Waals surface area (Å²) in [5.74, 6) is 0.892. The van der Waals surface area contributed by atoms with Crippen LogP contribution >= 0.6 is 11.6 Å². The highest BCUT2D eigenvalue weighted by Crippen LogP contribution is 2.29. The molecule has 0 aliphatic carbocycles. The van der Waals surface area contributed by atoms with E-state index in [2.05, 4.69) is 5.32 Å². The van der Waals surface area contributed by atoms with E-state index in [0.29, 0.717) is 0 Å². The molecule has 2 aromatic rings. The summed E-state index contributed by atoms with van der Waals surface area (Å²) in [5, 5.41) is 4.86. The summed E-state index contributed by atoms with van der Waals surface area (Å²) in [6, 6.07) is 5.92. The van der Waals surface area contributed by atoms with Crippen molar-refractivity contribution < 1.29 is 4.42 Å². The van der Waals surface area contributed by atoms with Crippen LogP contribution in [0, 0.1) is 6.92 Å². The van der Waals surface area contributed by atoms with Crippen LogP contribution < -0.4 is 5.32 Å². The summed E-state index contributed by atoms with van der Waals surface area (Å²) in [6.07, 6.45) is 0. The fraction of sp³-hybridized carbons (Fsp3) is 0.273. The molecule has 0 aliphatic heterocycles. The molecule has 74 valence electrons. The van der Waals surface area contributed by atoms with Gasteiger partial charge in [-0.2, -0.15) is 0 Å². The summed E-state index contributed by atoms with van der Waals surface area (Å²) < 4.78 is 5.48. The van der Waals surface area contributed by atoms with Crippen molar-refractivity contribution in [3.05, 3.63) is 34.5 Å². The molecule has 1 heterocycles. The predicted molar refractivity (Wildman–Crippen MR) is 58.7 cm³/mol. The van der Waals surface area contributed by atoms with Gasteiger partial charge in [0, 0.05) is 11.9 Å². The Labute approximate surface area is 87.9 Å². The molecule has 0 fully saturated rings. The number of furan rings is 1. The molecule has 0 amide bonds. The minimum Gasteiger partial charge on any atom is -0.461 e. The third-order valence-electron chi connectivity index (χ3n) is 2.21. The van der Waals surface area contributed by atoms with Crippen molar-refractivity contribution in [2.45, 2.75) is 13.5 Å². The van der Waals surface area contributed by atoms with Crippen molar-refractivity contribution in [2.75, 3.05) is 7.05 Å². The fourth-order valence-electron chi connectivity index (χ4n) is 1.58. The summed E-state index contributed by atoms with van der Waals surface area (Å²) in [5.41, 5.74) is 1.95. The Kier molecular flexibility index (Phi) is 2.48. The van der Waals surface area contributed by atoms with E-state index in [9.17, 15) is 0 Å². The van der Waals surface area contributed by atoms with E-state index in [1.54, 1.807) is 0 Å². The van der Waals surface area contributed by atoms with Gasteiger partial charge in [0.15, 0.2) is 0 Å². The van der Waals surface area contributed by atoms with Crippen LogP contribution in [0.4, 0.5) is 0 Å². The van der Waals surface area contributed by atoms with Gasteiger partial charge in [0.2, 0.25) is 0 Å². The quantitative estimate of drug-likeness (QED) is 0.822. The van der Waals surface area contributed by atoms with E-state index in [1.807, 2.05) is 32.2 Å². The third kappa shape index (κ3) is 1.51. The number of nitrogens with one attached hydrogen (secondary N) is 1. The lowest BCUT2D eigenvalue weighted by atomic mass is 10.1. The van der Waals surface area contributed by atoms with Crippen LogP contribution in [-0.2, 0) is 6.54 Å². The van der Waals surface area contributed by atoms with Crippen LogP contribution in [0.25, 0.3) is 11.0 Å². The van der Waals surface area contributed by atoms with E-state index in [0.717, 1.165) is 33.9 Å². The second-order valence-corrected chi connectivity index (χ2v) is 3.72. The van der Waals surface area contributed by atoms with Crippen LogP contribution in [0.15, 0.2) is 22.6 Å². The molecule has 0 saturated carbocycles. The topological polar surface area (TPSA) is 25.2 Å². The zero-order valence-electron chi connectivity index (χ0n) is 8.23. The Bertz CT molecular complexity index is 462. The fourth-order valence-corrected chi connectivity index (χ4v) is 1.85. The second kappa shape index (κ2) is 3.64. The SMILES string of the molecule is CNCc1ccc2oc(C)cc2c1Cl. The van der Waals surface area contributed by atoms with E-state index in [4.69, 9.17) is 16.0 Å². The summed E-state index contributed by atoms with van der Waals surface area (Å²) in [7, 11) is 1.90. The zero-order chi connectivity index (χ0) is 10.1. The van der Waals surface area contributed by atoms with Crippen molar-refractivity contribution in [1.82, 2.24) is 5.32 Å². The van der Waals surface area contributed by atoms with Gasteiger partial charge in [-0.25, -0.2) is 0 Å². The first-order valence-corrected chi connectivity index (χ1v) is 4.92. The highest BCUT2D eigenvalue weighted by molar-refractivity contribution is 6.36. The molecule has 2 nitrogen and oxygen atoms in total. The maximum Gasteiger partial charge on any atom is 0.135 e. The molecule has 0 bridgehead atoms. The lowest BCUT2D eigenvalue weighted by molar-refractivity contribution is 0.578. The van der Waals surface area contributed by atoms with Gasteiger partial charge in [-0.05, 0) is 31.7 Å². The minimum atomic E-state index is 0.777. The molecule has 2 rings (SSSR count). The molecule has 0 aliphatic rings. The van der Waals surface area contributed by atoms with Gasteiger partial charge in [-0.15, -0.1) is 0 Å². The van der Waals surface area contributed by atoms with E-state index in [-0.39, 0.29) is 0 Å². The number of rotatable bonds is 2. The molecule has 0 atom stereocenters. The van der Waals surface area contributed by atoms with Crippen LogP contribution in [-0.4, -0.2) is 7.05 Å². The van der Waals surface area contributed by atoms with Crippen LogP contribution in [0.5, 0.6) is 0 Å². The van der Waals surface area contributed by atoms with E-state index < -0.39 is 0 Å². The van der Waals surface area contributed by atoms with E-state index >= 15 is 0 Å². The Balaban J connectivity index is 2.61. The molecule has 0 saturated heterocycles. The van der Waals surface area contributed by atoms with Crippen molar-refractivity contribution in [1.29, 1.82) is 0 Å². The average Bonchev–Trinajstić information content (AvgIpc) is 2.52. The van der Waals surface area contributed by atoms with Crippen molar-refractivity contribution in [3.8, 4) is 0 Å². The molecule has 0 unspecified atom stereocenters. The molecule has 1 aromatic heterocycles. The van der Waals surface area contributed by atoms with Gasteiger partial charge in [-0.1, -0.05) is 17.7 Å². The number of halogens is 1. The summed E-state index contributed by atoms with van der Waals surface area (Å²) in [4.78, 5) is 0. The largest absolute Gasteiger partial charge is 0.461 e. The number of aryl methyl sites for hydroxylation is 1. The first-order chi connectivity index (χ1) is 6.72. The minimum absolute atomic E-state index is 0.777. The van der Waals surface area contributed by atoms with Gasteiger partial charge >= 0.3 is 0 Å². The molecule has 0 spiro atoms. The summed E-state index contributed by atoms with van der Waals surface area (Å²) in [6.45, 7) is 2.70. The van der Waals surface area contributed by atoms with Crippen LogP contribution in [0.1, 0.15) is 11.3 Å². The van der Waals surface area contributed by atoms with Gasteiger partial charge < -0.3 is 9.73 Å². The average molecular weight is 210 g/mol. The van der Waals surface area contributed by atoms with Crippen LogP contribution in [0.2, 0.25) is 5.02 Å². The highest BCUT2D eigenvalue weighted by atomic mass is 35.5. The van der Waals surface area contributed by atoms with Crippen molar-refractivity contribution in [2.24, 2.45) is 0 Å². The van der Waals surface area contributed by atoms with Crippen molar-refractivity contribution >= 4 is 22.6 Å². The second-order valence-electron chi connectivity index (χ2n) is 3.34. The Morgan fingerprint density at radius 3 is 2.93 bits per heavy atom. The molecular weight excluding hydrogens is 198 g/mol. The lowest BCUT2D eigenvalue weighted by Crippen LogP contribution is -2.05. The molecule has 1 N–H and O–H groups in total. The van der Waals surface area contributed by atoms with Gasteiger partial charge in [0.25, 0.3) is 0 Å². The first kappa shape index (κ1) is 9.56. The van der Waals surface area contributed by atoms with Gasteiger partial charge in [-0.3, -0.25) is 0 Å². The molecule has 1 aromatic carbocycles. The van der Waals surface area contributed by atoms with Crippen LogP contribution in [0.3, 0.4) is 0 Å². The normalized spacial score (nSPS) is 11.1. The number of hydrogen-bond acceptors (Lipinski definition) is 2. The molecule has 14 heavy (non-hydrogen) atoms. The zero-order valence-corrected chi connectivity index (χ0v) is 8.98. The Hall–Kier alpha value is -0.990. The predicted octanol–water partition coefficient (Wildman–Crippen LogP) is 3.11. The van der Waals surface area contributed by atoms with Gasteiger partial charge in [0.1, 0.15) is 11.3 Å². The summed E-state index contributed by atoms with van der Waals surface area (Å²) >= 11 is 6.23. The van der Waals surface area contributed by atoms with E-state index in [1.165, 1.54) is 0 Å². The molecule has 0 radical (unpaired) electrons. The number of hydrogen-bond donors (Lipinski definition) is 1. The third-order valence-corrected chi connectivity index (χ3v) is 2.65. The molecule has 3 heteroatoms. The standard InChI is InChI=1S/C11H12ClNO/c1-7-5-9-10(14-7)4-3-8(6-13-2)11(9)12/h3-5,13H,6H2,1-2H3. The maximum atomic E-state index is 6.23. The number of benzene rings is 1. The van der Waals surface area contributed by atoms with Crippen molar-refractivity contribution in [3.63, 3.8) is 0 Å². The highest BCUT2D eigenvalue weighted by Gasteiger charge is 2.08. The molecular formula is C11H12ClNO. The maximum absolute atomic E-state index is 6.23. The Morgan fingerprint density at radius 2 is 2.21 bits per heavy atom.